The zero-order valence-corrected chi connectivity index (χ0v) is 19.0. The molecule has 0 unspecified atom stereocenters. The monoisotopic (exact) mass is 404 g/mol. The number of aliphatic hydroxyl groups is 2. The standard InChI is InChI=1S/C20H40O6Si/c1-19(2)25-12-17(26-19)18-15(11-21)16(22)7-8-20(18,3)13-24-14-23-9-10-27(4,5)6/h15-18,21-22H,7-14H2,1-6H3/t15-,16+,17-,18-,20-/m0/s1. The first-order valence-corrected chi connectivity index (χ1v) is 13.9. The molecule has 2 aliphatic rings. The lowest BCUT2D eigenvalue weighted by Gasteiger charge is -2.49. The predicted molar refractivity (Wildman–Crippen MR) is 107 cm³/mol. The molecule has 5 atom stereocenters. The van der Waals surface area contributed by atoms with Crippen molar-refractivity contribution < 1.29 is 29.2 Å². The van der Waals surface area contributed by atoms with Gasteiger partial charge in [0.15, 0.2) is 5.79 Å². The molecule has 7 heteroatoms. The van der Waals surface area contributed by atoms with Gasteiger partial charge in [0, 0.05) is 33.1 Å². The van der Waals surface area contributed by atoms with Gasteiger partial charge in [0.05, 0.1) is 25.4 Å². The lowest BCUT2D eigenvalue weighted by Crippen LogP contribution is -2.53. The van der Waals surface area contributed by atoms with Gasteiger partial charge in [-0.05, 0) is 38.1 Å². The van der Waals surface area contributed by atoms with E-state index in [0.29, 0.717) is 19.6 Å². The summed E-state index contributed by atoms with van der Waals surface area (Å²) in [6.07, 6.45) is 0.807. The maximum atomic E-state index is 10.5. The van der Waals surface area contributed by atoms with Crippen LogP contribution in [0.2, 0.25) is 25.7 Å². The molecule has 1 aliphatic carbocycles. The number of hydrogen-bond acceptors (Lipinski definition) is 6. The first-order valence-electron chi connectivity index (χ1n) is 10.2. The molecular weight excluding hydrogens is 364 g/mol. The minimum atomic E-state index is -1.10. The average molecular weight is 405 g/mol. The molecule has 27 heavy (non-hydrogen) atoms. The molecule has 0 bridgehead atoms. The third-order valence-electron chi connectivity index (χ3n) is 6.01. The highest BCUT2D eigenvalue weighted by molar-refractivity contribution is 6.76. The van der Waals surface area contributed by atoms with Crippen LogP contribution >= 0.6 is 0 Å². The number of aliphatic hydroxyl groups excluding tert-OH is 2. The van der Waals surface area contributed by atoms with Crippen molar-refractivity contribution in [1.82, 2.24) is 0 Å². The average Bonchev–Trinajstić information content (AvgIpc) is 2.91. The van der Waals surface area contributed by atoms with E-state index in [0.717, 1.165) is 19.1 Å². The van der Waals surface area contributed by atoms with Gasteiger partial charge in [-0.1, -0.05) is 26.6 Å². The summed E-state index contributed by atoms with van der Waals surface area (Å²) in [4.78, 5) is 0. The smallest absolute Gasteiger partial charge is 0.163 e. The third-order valence-corrected chi connectivity index (χ3v) is 7.71. The van der Waals surface area contributed by atoms with Gasteiger partial charge in [-0.15, -0.1) is 0 Å². The quantitative estimate of drug-likeness (QED) is 0.350. The van der Waals surface area contributed by atoms with Crippen LogP contribution in [0.15, 0.2) is 0 Å². The van der Waals surface area contributed by atoms with Crippen LogP contribution < -0.4 is 0 Å². The summed E-state index contributed by atoms with van der Waals surface area (Å²) in [5, 5.41) is 20.4. The minimum Gasteiger partial charge on any atom is -0.396 e. The molecule has 160 valence electrons. The van der Waals surface area contributed by atoms with E-state index < -0.39 is 20.0 Å². The zero-order chi connectivity index (χ0) is 20.3. The molecule has 0 radical (unpaired) electrons. The SMILES string of the molecule is CC1(C)OC[C@@H]([C@@H]2[C@@H](CO)[C@H](O)CC[C@@]2(C)COCOCC[Si](C)(C)C)O1. The Morgan fingerprint density at radius 2 is 1.85 bits per heavy atom. The van der Waals surface area contributed by atoms with Crippen molar-refractivity contribution in [1.29, 1.82) is 0 Å². The first-order chi connectivity index (χ1) is 12.5. The molecule has 0 aromatic carbocycles. The highest BCUT2D eigenvalue weighted by Gasteiger charge is 2.53. The van der Waals surface area contributed by atoms with Gasteiger partial charge < -0.3 is 29.2 Å². The van der Waals surface area contributed by atoms with Gasteiger partial charge in [-0.25, -0.2) is 0 Å². The molecular formula is C20H40O6Si. The maximum Gasteiger partial charge on any atom is 0.163 e. The second-order valence-corrected chi connectivity index (χ2v) is 15.8. The fraction of sp³-hybridized carbons (Fsp3) is 1.00. The van der Waals surface area contributed by atoms with Gasteiger partial charge in [0.25, 0.3) is 0 Å². The number of rotatable bonds is 9. The lowest BCUT2D eigenvalue weighted by atomic mass is 9.60. The summed E-state index contributed by atoms with van der Waals surface area (Å²) in [5.41, 5.74) is -0.205. The van der Waals surface area contributed by atoms with Crippen molar-refractivity contribution in [2.24, 2.45) is 17.3 Å². The van der Waals surface area contributed by atoms with Crippen LogP contribution in [-0.4, -0.2) is 69.5 Å². The summed E-state index contributed by atoms with van der Waals surface area (Å²) in [6, 6.07) is 1.12. The van der Waals surface area contributed by atoms with Crippen LogP contribution in [0.25, 0.3) is 0 Å². The summed E-state index contributed by atoms with van der Waals surface area (Å²) < 4.78 is 23.5. The fourth-order valence-corrected chi connectivity index (χ4v) is 5.16. The number of ether oxygens (including phenoxy) is 4. The van der Waals surface area contributed by atoms with Gasteiger partial charge in [-0.2, -0.15) is 0 Å². The second-order valence-electron chi connectivity index (χ2n) is 10.2. The van der Waals surface area contributed by atoms with Crippen molar-refractivity contribution in [3.63, 3.8) is 0 Å². The Kier molecular flexibility index (Phi) is 7.92. The summed E-state index contributed by atoms with van der Waals surface area (Å²) in [5.74, 6) is -0.896. The van der Waals surface area contributed by atoms with E-state index in [1.165, 1.54) is 0 Å². The highest BCUT2D eigenvalue weighted by atomic mass is 28.3. The van der Waals surface area contributed by atoms with E-state index >= 15 is 0 Å². The number of hydrogen-bond donors (Lipinski definition) is 2. The molecule has 1 saturated heterocycles. The largest absolute Gasteiger partial charge is 0.396 e. The van der Waals surface area contributed by atoms with E-state index in [2.05, 4.69) is 26.6 Å². The Bertz CT molecular complexity index is 466. The second kappa shape index (κ2) is 9.20. The molecule has 0 spiro atoms. The Morgan fingerprint density at radius 1 is 1.15 bits per heavy atom. The molecule has 0 amide bonds. The Morgan fingerprint density at radius 3 is 2.41 bits per heavy atom. The predicted octanol–water partition coefficient (Wildman–Crippen LogP) is 2.85. The molecule has 1 heterocycles. The molecule has 6 nitrogen and oxygen atoms in total. The van der Waals surface area contributed by atoms with Crippen molar-refractivity contribution in [2.45, 2.75) is 77.3 Å². The van der Waals surface area contributed by atoms with Crippen molar-refractivity contribution in [3.8, 4) is 0 Å². The van der Waals surface area contributed by atoms with Crippen LogP contribution in [0, 0.1) is 17.3 Å². The van der Waals surface area contributed by atoms with E-state index in [-0.39, 0.29) is 36.8 Å². The molecule has 2 rings (SSSR count). The molecule has 2 fully saturated rings. The minimum absolute atomic E-state index is 0.0324. The van der Waals surface area contributed by atoms with E-state index in [9.17, 15) is 10.2 Å². The molecule has 1 aliphatic heterocycles. The Hall–Kier alpha value is -0.0231. The summed E-state index contributed by atoms with van der Waals surface area (Å²) >= 11 is 0. The topological polar surface area (TPSA) is 77.4 Å². The van der Waals surface area contributed by atoms with Crippen molar-refractivity contribution in [2.75, 3.05) is 33.2 Å². The van der Waals surface area contributed by atoms with Crippen molar-refractivity contribution >= 4 is 8.07 Å². The van der Waals surface area contributed by atoms with Crippen LogP contribution in [0.5, 0.6) is 0 Å². The summed E-state index contributed by atoms with van der Waals surface area (Å²) in [7, 11) is -1.10. The van der Waals surface area contributed by atoms with Gasteiger partial charge in [0.1, 0.15) is 6.79 Å². The van der Waals surface area contributed by atoms with E-state index in [1.54, 1.807) is 0 Å². The fourth-order valence-electron chi connectivity index (χ4n) is 4.41. The zero-order valence-electron chi connectivity index (χ0n) is 18.0. The molecule has 0 aromatic heterocycles. The molecule has 2 N–H and O–H groups in total. The Balaban J connectivity index is 1.96. The molecule has 0 aromatic rings. The van der Waals surface area contributed by atoms with E-state index in [4.69, 9.17) is 18.9 Å². The maximum absolute atomic E-state index is 10.5. The van der Waals surface area contributed by atoms with Crippen LogP contribution in [0.3, 0.4) is 0 Å². The van der Waals surface area contributed by atoms with E-state index in [1.807, 2.05) is 13.8 Å². The first kappa shape index (κ1) is 23.3. The van der Waals surface area contributed by atoms with Crippen LogP contribution in [-0.2, 0) is 18.9 Å². The summed E-state index contributed by atoms with van der Waals surface area (Å²) in [6.45, 7) is 14.9. The van der Waals surface area contributed by atoms with Gasteiger partial charge in [-0.3, -0.25) is 0 Å². The Labute approximate surface area is 165 Å². The van der Waals surface area contributed by atoms with Crippen LogP contribution in [0.1, 0.15) is 33.6 Å². The van der Waals surface area contributed by atoms with Crippen LogP contribution in [0.4, 0.5) is 0 Å². The third kappa shape index (κ3) is 6.49. The lowest BCUT2D eigenvalue weighted by molar-refractivity contribution is -0.185. The van der Waals surface area contributed by atoms with Crippen molar-refractivity contribution in [3.05, 3.63) is 0 Å². The molecule has 1 saturated carbocycles. The highest BCUT2D eigenvalue weighted by Crippen LogP contribution is 2.49. The van der Waals surface area contributed by atoms with Gasteiger partial charge in [0.2, 0.25) is 0 Å². The van der Waals surface area contributed by atoms with Gasteiger partial charge >= 0.3 is 0 Å². The normalized spacial score (nSPS) is 36.9.